The number of anilines is 2. The van der Waals surface area contributed by atoms with E-state index in [1.165, 1.54) is 23.6 Å². The summed E-state index contributed by atoms with van der Waals surface area (Å²) in [4.78, 5) is 39.8. The highest BCUT2D eigenvalue weighted by molar-refractivity contribution is 7.18. The molecule has 2 aromatic heterocycles. The summed E-state index contributed by atoms with van der Waals surface area (Å²) in [6.07, 6.45) is 1.40. The maximum Gasteiger partial charge on any atom is 0.407 e. The number of hydrogen-bond donors (Lipinski definition) is 3. The first-order chi connectivity index (χ1) is 16.5. The summed E-state index contributed by atoms with van der Waals surface area (Å²) in [6, 6.07) is 4.61. The highest BCUT2D eigenvalue weighted by Crippen LogP contribution is 2.40. The van der Waals surface area contributed by atoms with Crippen molar-refractivity contribution in [1.29, 1.82) is 0 Å². The predicted octanol–water partition coefficient (Wildman–Crippen LogP) is 3.76. The third kappa shape index (κ3) is 5.80. The number of fused-ring (bicyclic) bond motifs is 1. The van der Waals surface area contributed by atoms with Gasteiger partial charge in [-0.15, -0.1) is 11.3 Å². The molecule has 0 radical (unpaired) electrons. The van der Waals surface area contributed by atoms with Gasteiger partial charge >= 0.3 is 6.09 Å². The van der Waals surface area contributed by atoms with E-state index in [0.29, 0.717) is 29.9 Å². The highest BCUT2D eigenvalue weighted by atomic mass is 35.5. The summed E-state index contributed by atoms with van der Waals surface area (Å²) in [7, 11) is 0. The lowest BCUT2D eigenvalue weighted by Crippen LogP contribution is -2.40. The topological polar surface area (TPSA) is 130 Å². The summed E-state index contributed by atoms with van der Waals surface area (Å²) in [6.45, 7) is 7.58. The molecule has 10 nitrogen and oxygen atoms in total. The van der Waals surface area contributed by atoms with Gasteiger partial charge in [0.05, 0.1) is 39.8 Å². The summed E-state index contributed by atoms with van der Waals surface area (Å²) in [5.41, 5.74) is 1.40. The largest absolute Gasteiger partial charge is 0.444 e. The first kappa shape index (κ1) is 25.1. The Kier molecular flexibility index (Phi) is 7.11. The zero-order valence-corrected chi connectivity index (χ0v) is 21.4. The number of aromatic nitrogens is 3. The predicted molar refractivity (Wildman–Crippen MR) is 135 cm³/mol. The molecule has 0 saturated carbocycles. The lowest BCUT2D eigenvalue weighted by molar-refractivity contribution is 0.0507. The molecule has 35 heavy (non-hydrogen) atoms. The lowest BCUT2D eigenvalue weighted by atomic mass is 10.1. The first-order valence-corrected chi connectivity index (χ1v) is 12.3. The number of rotatable bonds is 5. The summed E-state index contributed by atoms with van der Waals surface area (Å²) in [5, 5.41) is 16.8. The Balaban J connectivity index is 1.67. The molecule has 12 heteroatoms. The van der Waals surface area contributed by atoms with E-state index in [0.717, 1.165) is 9.71 Å². The van der Waals surface area contributed by atoms with E-state index < -0.39 is 17.6 Å². The van der Waals surface area contributed by atoms with Crippen molar-refractivity contribution in [1.82, 2.24) is 20.3 Å². The minimum Gasteiger partial charge on any atom is -0.444 e. The van der Waals surface area contributed by atoms with Crippen LogP contribution in [-0.2, 0) is 4.74 Å². The van der Waals surface area contributed by atoms with Crippen LogP contribution in [0.1, 0.15) is 42.7 Å². The molecule has 186 valence electrons. The van der Waals surface area contributed by atoms with Gasteiger partial charge in [0.15, 0.2) is 0 Å². The molecule has 0 aliphatic carbocycles. The number of halogens is 1. The van der Waals surface area contributed by atoms with Crippen molar-refractivity contribution in [2.45, 2.75) is 51.8 Å². The molecule has 2 atom stereocenters. The van der Waals surface area contributed by atoms with Gasteiger partial charge < -0.3 is 25.4 Å². The van der Waals surface area contributed by atoms with E-state index in [-0.39, 0.29) is 29.7 Å². The monoisotopic (exact) mass is 518 g/mol. The average Bonchev–Trinajstić information content (AvgIpc) is 3.34. The van der Waals surface area contributed by atoms with E-state index in [4.69, 9.17) is 21.3 Å². The van der Waals surface area contributed by atoms with Crippen LogP contribution in [0.3, 0.4) is 0 Å². The Labute approximate surface area is 211 Å². The van der Waals surface area contributed by atoms with Crippen molar-refractivity contribution >= 4 is 56.5 Å². The maximum absolute atomic E-state index is 12.9. The molecule has 2 amide bonds. The smallest absolute Gasteiger partial charge is 0.407 e. The zero-order chi connectivity index (χ0) is 25.3. The Morgan fingerprint density at radius 2 is 2.06 bits per heavy atom. The zero-order valence-electron chi connectivity index (χ0n) is 19.8. The molecule has 1 aliphatic heterocycles. The molecule has 0 bridgehead atoms. The number of benzene rings is 1. The van der Waals surface area contributed by atoms with Gasteiger partial charge in [-0.25, -0.2) is 19.7 Å². The van der Waals surface area contributed by atoms with E-state index in [9.17, 15) is 14.7 Å². The second-order valence-corrected chi connectivity index (χ2v) is 10.8. The number of nitrogens with zero attached hydrogens (tertiary/aromatic N) is 4. The molecule has 3 aromatic rings. The van der Waals surface area contributed by atoms with Crippen molar-refractivity contribution in [3.8, 4) is 0 Å². The quantitative estimate of drug-likeness (QED) is 0.435. The second kappa shape index (κ2) is 9.92. The number of carbonyl (C=O) groups is 2. The minimum atomic E-state index is -0.621. The number of aliphatic hydroxyl groups excluding tert-OH is 1. The third-order valence-electron chi connectivity index (χ3n) is 5.38. The number of ether oxygens (including phenoxy) is 1. The van der Waals surface area contributed by atoms with Crippen LogP contribution < -0.4 is 15.5 Å². The summed E-state index contributed by atoms with van der Waals surface area (Å²) >= 11 is 7.39. The van der Waals surface area contributed by atoms with Crippen LogP contribution in [0.25, 0.3) is 10.2 Å². The van der Waals surface area contributed by atoms with Crippen molar-refractivity contribution < 1.29 is 19.4 Å². The lowest BCUT2D eigenvalue weighted by Gasteiger charge is -2.28. The molecular formula is C23H27ClN6O4S. The summed E-state index contributed by atoms with van der Waals surface area (Å²) in [5.74, 6) is -0.454. The van der Waals surface area contributed by atoms with Crippen LogP contribution in [0, 0.1) is 6.92 Å². The fourth-order valence-electron chi connectivity index (χ4n) is 4.07. The van der Waals surface area contributed by atoms with Gasteiger partial charge in [0.1, 0.15) is 16.8 Å². The number of aliphatic hydroxyl groups is 1. The number of carbonyl (C=O) groups excluding carboxylic acids is 2. The molecule has 3 N–H and O–H groups in total. The average molecular weight is 519 g/mol. The molecular weight excluding hydrogens is 492 g/mol. The number of aryl methyl sites for hydroxylation is 1. The fourth-order valence-corrected chi connectivity index (χ4v) is 5.05. The van der Waals surface area contributed by atoms with E-state index in [1.807, 2.05) is 17.9 Å². The van der Waals surface area contributed by atoms with Crippen LogP contribution >= 0.6 is 22.9 Å². The fraction of sp³-hybridized carbons (Fsp3) is 0.435. The second-order valence-electron chi connectivity index (χ2n) is 9.27. The first-order valence-electron chi connectivity index (χ1n) is 11.1. The normalized spacial score (nSPS) is 18.1. The molecule has 0 unspecified atom stereocenters. The van der Waals surface area contributed by atoms with Crippen LogP contribution in [0.5, 0.6) is 0 Å². The van der Waals surface area contributed by atoms with Crippen LogP contribution in [0.2, 0.25) is 5.28 Å². The number of thiazole rings is 1. The van der Waals surface area contributed by atoms with Crippen molar-refractivity contribution in [3.63, 3.8) is 0 Å². The Hall–Kier alpha value is -3.02. The van der Waals surface area contributed by atoms with Gasteiger partial charge in [0, 0.05) is 12.7 Å². The molecule has 0 spiro atoms. The van der Waals surface area contributed by atoms with Gasteiger partial charge in [-0.05, 0) is 63.9 Å². The van der Waals surface area contributed by atoms with E-state index in [2.05, 4.69) is 20.6 Å². The van der Waals surface area contributed by atoms with Crippen molar-refractivity contribution in [2.75, 3.05) is 23.4 Å². The van der Waals surface area contributed by atoms with Crippen molar-refractivity contribution in [2.24, 2.45) is 0 Å². The molecule has 3 heterocycles. The van der Waals surface area contributed by atoms with E-state index in [1.54, 1.807) is 26.8 Å². The molecule has 4 rings (SSSR count). The molecule has 1 saturated heterocycles. The van der Waals surface area contributed by atoms with Gasteiger partial charge in [-0.1, -0.05) is 0 Å². The Morgan fingerprint density at radius 3 is 2.74 bits per heavy atom. The Morgan fingerprint density at radius 1 is 1.29 bits per heavy atom. The van der Waals surface area contributed by atoms with Crippen LogP contribution in [0.15, 0.2) is 24.4 Å². The van der Waals surface area contributed by atoms with Gasteiger partial charge in [0.2, 0.25) is 5.28 Å². The number of nitrogens with one attached hydrogen (secondary N) is 2. The third-order valence-corrected chi connectivity index (χ3v) is 6.50. The standard InChI is InChI=1S/C23H27ClN6O4S/c1-12-26-18-17(35-12)6-5-15(28-20(32)16-7-8-25-21(24)29-16)19(18)30-10-13(9-14(30)11-31)27-22(33)34-23(2,3)4/h5-8,13-14,31H,9-11H2,1-4H3,(H,27,33)(H,28,32)/t13-,14+/m1/s1. The van der Waals surface area contributed by atoms with Crippen molar-refractivity contribution in [3.05, 3.63) is 40.4 Å². The molecule has 1 aliphatic rings. The Bertz CT molecular complexity index is 1260. The number of alkyl carbamates (subject to hydrolysis) is 1. The number of hydrogen-bond acceptors (Lipinski definition) is 9. The van der Waals surface area contributed by atoms with Gasteiger partial charge in [0.25, 0.3) is 5.91 Å². The maximum atomic E-state index is 12.9. The number of amides is 2. The highest BCUT2D eigenvalue weighted by Gasteiger charge is 2.36. The van der Waals surface area contributed by atoms with Crippen LogP contribution in [-0.4, -0.2) is 62.9 Å². The van der Waals surface area contributed by atoms with Gasteiger partial charge in [-0.3, -0.25) is 4.79 Å². The summed E-state index contributed by atoms with van der Waals surface area (Å²) < 4.78 is 6.34. The van der Waals surface area contributed by atoms with Gasteiger partial charge in [-0.2, -0.15) is 0 Å². The minimum absolute atomic E-state index is 0.0283. The van der Waals surface area contributed by atoms with Crippen LogP contribution in [0.4, 0.5) is 16.2 Å². The molecule has 1 fully saturated rings. The SMILES string of the molecule is Cc1nc2c(N3C[C@H](NC(=O)OC(C)(C)C)C[C@H]3CO)c(NC(=O)c3ccnc(Cl)n3)ccc2s1. The molecule has 1 aromatic carbocycles. The van der Waals surface area contributed by atoms with E-state index >= 15 is 0 Å².